The number of para-hydroxylation sites is 2. The first-order valence-corrected chi connectivity index (χ1v) is 13.6. The van der Waals surface area contributed by atoms with Crippen molar-refractivity contribution in [1.29, 1.82) is 0 Å². The number of hydrogen-bond donors (Lipinski definition) is 2. The zero-order valence-corrected chi connectivity index (χ0v) is 23.1. The van der Waals surface area contributed by atoms with E-state index in [1.165, 1.54) is 16.1 Å². The van der Waals surface area contributed by atoms with E-state index in [4.69, 9.17) is 11.7 Å². The number of nitrogens with zero attached hydrogens (tertiary/aromatic N) is 4. The topological polar surface area (TPSA) is 86.6 Å². The van der Waals surface area contributed by atoms with Gasteiger partial charge in [-0.25, -0.2) is 0 Å². The number of aryl methyl sites for hydroxylation is 1. The van der Waals surface area contributed by atoms with Gasteiger partial charge in [0.2, 0.25) is 9.60 Å². The van der Waals surface area contributed by atoms with Crippen molar-refractivity contribution in [2.24, 2.45) is 21.9 Å². The zero-order chi connectivity index (χ0) is 26.4. The lowest BCUT2D eigenvalue weighted by molar-refractivity contribution is 0.552. The molecule has 190 valence electrons. The Morgan fingerprint density at radius 1 is 0.676 bits per heavy atom. The standard InChI is InChI=1S/C16H15N3S.C13H17N3S/c1-12-15(13-8-4-2-5-9-13)19(16(18-17)20-12)14-10-6-3-7-11-14;1-13(2,3)11-9-17-12(15-14)16(11)10-7-5-4-6-8-10/h2-11H,17H2,1H3;4-9H,14H2,1-3H3. The molecule has 0 saturated carbocycles. The molecule has 0 spiro atoms. The van der Waals surface area contributed by atoms with Crippen LogP contribution < -0.4 is 21.3 Å². The molecule has 0 aliphatic carbocycles. The minimum Gasteiger partial charge on any atom is -0.320 e. The number of aromatic nitrogens is 2. The summed E-state index contributed by atoms with van der Waals surface area (Å²) in [4.78, 5) is 2.82. The van der Waals surface area contributed by atoms with Gasteiger partial charge in [-0.05, 0) is 36.8 Å². The van der Waals surface area contributed by atoms with Crippen molar-refractivity contribution in [1.82, 2.24) is 9.13 Å². The van der Waals surface area contributed by atoms with Crippen LogP contribution in [-0.2, 0) is 5.41 Å². The monoisotopic (exact) mass is 528 g/mol. The predicted octanol–water partition coefficient (Wildman–Crippen LogP) is 5.90. The van der Waals surface area contributed by atoms with Crippen molar-refractivity contribution in [3.8, 4) is 22.6 Å². The van der Waals surface area contributed by atoms with Crippen LogP contribution in [0.1, 0.15) is 31.3 Å². The summed E-state index contributed by atoms with van der Waals surface area (Å²) in [6.45, 7) is 8.67. The molecular weight excluding hydrogens is 496 g/mol. The molecule has 0 amide bonds. The molecule has 0 fully saturated rings. The molecule has 5 rings (SSSR count). The van der Waals surface area contributed by atoms with Gasteiger partial charge in [0, 0.05) is 32.7 Å². The Balaban J connectivity index is 0.000000176. The Morgan fingerprint density at radius 2 is 1.16 bits per heavy atom. The number of benzene rings is 3. The van der Waals surface area contributed by atoms with E-state index in [-0.39, 0.29) is 5.41 Å². The summed E-state index contributed by atoms with van der Waals surface area (Å²) >= 11 is 3.17. The summed E-state index contributed by atoms with van der Waals surface area (Å²) in [5.74, 6) is 11.0. The molecule has 0 aliphatic heterocycles. The lowest BCUT2D eigenvalue weighted by Gasteiger charge is -2.20. The first-order valence-electron chi connectivity index (χ1n) is 11.9. The van der Waals surface area contributed by atoms with Crippen LogP contribution in [0.3, 0.4) is 0 Å². The van der Waals surface area contributed by atoms with Gasteiger partial charge in [0.25, 0.3) is 0 Å². The fourth-order valence-corrected chi connectivity index (χ4v) is 6.02. The molecule has 37 heavy (non-hydrogen) atoms. The van der Waals surface area contributed by atoms with Gasteiger partial charge >= 0.3 is 0 Å². The number of thiazole rings is 2. The van der Waals surface area contributed by atoms with Gasteiger partial charge in [-0.1, -0.05) is 98.8 Å². The van der Waals surface area contributed by atoms with E-state index < -0.39 is 0 Å². The van der Waals surface area contributed by atoms with Gasteiger partial charge in [0.15, 0.2) is 0 Å². The SMILES string of the molecule is CC(C)(C)c1csc(=NN)n1-c1ccccc1.Cc1sc(=NN)n(-c2ccccc2)c1-c1ccccc1. The summed E-state index contributed by atoms with van der Waals surface area (Å²) in [6.07, 6.45) is 0. The highest BCUT2D eigenvalue weighted by Gasteiger charge is 2.20. The van der Waals surface area contributed by atoms with E-state index in [1.54, 1.807) is 22.7 Å². The molecule has 3 aromatic carbocycles. The third-order valence-electron chi connectivity index (χ3n) is 5.77. The Morgan fingerprint density at radius 3 is 1.65 bits per heavy atom. The van der Waals surface area contributed by atoms with Gasteiger partial charge in [0.05, 0.1) is 5.69 Å². The van der Waals surface area contributed by atoms with E-state index >= 15 is 0 Å². The maximum atomic E-state index is 5.56. The van der Waals surface area contributed by atoms with Crippen LogP contribution in [0.2, 0.25) is 0 Å². The highest BCUT2D eigenvalue weighted by molar-refractivity contribution is 7.09. The molecule has 2 heterocycles. The van der Waals surface area contributed by atoms with Crippen molar-refractivity contribution in [3.63, 3.8) is 0 Å². The Kier molecular flexibility index (Phi) is 8.11. The largest absolute Gasteiger partial charge is 0.320 e. The third-order valence-corrected chi connectivity index (χ3v) is 7.58. The minimum atomic E-state index is 0.0648. The van der Waals surface area contributed by atoms with Crippen LogP contribution in [0, 0.1) is 6.92 Å². The lowest BCUT2D eigenvalue weighted by atomic mass is 9.93. The van der Waals surface area contributed by atoms with Gasteiger partial charge in [-0.15, -0.1) is 11.3 Å². The smallest absolute Gasteiger partial charge is 0.212 e. The normalized spacial score (nSPS) is 12.3. The van der Waals surface area contributed by atoms with E-state index in [1.807, 2.05) is 54.6 Å². The maximum absolute atomic E-state index is 5.56. The molecule has 4 N–H and O–H groups in total. The molecule has 0 aliphatic rings. The van der Waals surface area contributed by atoms with E-state index in [9.17, 15) is 0 Å². The van der Waals surface area contributed by atoms with Crippen molar-refractivity contribution in [3.05, 3.63) is 117 Å². The lowest BCUT2D eigenvalue weighted by Crippen LogP contribution is -2.23. The highest BCUT2D eigenvalue weighted by atomic mass is 32.1. The van der Waals surface area contributed by atoms with E-state index in [2.05, 4.69) is 88.8 Å². The second kappa shape index (κ2) is 11.5. The molecular formula is C29H32N6S2. The number of rotatable bonds is 3. The Labute approximate surface area is 225 Å². The average Bonchev–Trinajstić information content (AvgIpc) is 3.51. The van der Waals surface area contributed by atoms with Crippen LogP contribution in [0.25, 0.3) is 22.6 Å². The van der Waals surface area contributed by atoms with E-state index in [0.29, 0.717) is 0 Å². The van der Waals surface area contributed by atoms with Crippen LogP contribution in [-0.4, -0.2) is 9.13 Å². The molecule has 0 saturated heterocycles. The second-order valence-electron chi connectivity index (χ2n) is 9.41. The minimum absolute atomic E-state index is 0.0648. The Hall–Kier alpha value is -3.88. The van der Waals surface area contributed by atoms with Crippen molar-refractivity contribution < 1.29 is 0 Å². The maximum Gasteiger partial charge on any atom is 0.212 e. The summed E-state index contributed by atoms with van der Waals surface area (Å²) < 4.78 is 4.22. The second-order valence-corrected chi connectivity index (χ2v) is 11.4. The molecule has 0 radical (unpaired) electrons. The van der Waals surface area contributed by atoms with Crippen molar-refractivity contribution in [2.45, 2.75) is 33.1 Å². The number of nitrogens with two attached hydrogens (primary N) is 2. The summed E-state index contributed by atoms with van der Waals surface area (Å²) in [7, 11) is 0. The fraction of sp³-hybridized carbons (Fsp3) is 0.172. The first kappa shape index (κ1) is 26.2. The van der Waals surface area contributed by atoms with Crippen molar-refractivity contribution >= 4 is 22.7 Å². The van der Waals surface area contributed by atoms with Gasteiger partial charge in [-0.3, -0.25) is 9.13 Å². The first-order chi connectivity index (χ1) is 17.8. The predicted molar refractivity (Wildman–Crippen MR) is 156 cm³/mol. The van der Waals surface area contributed by atoms with Gasteiger partial charge in [-0.2, -0.15) is 10.2 Å². The Bertz CT molecular complexity index is 1570. The van der Waals surface area contributed by atoms with Crippen LogP contribution in [0.4, 0.5) is 0 Å². The number of hydrogen-bond acceptors (Lipinski definition) is 6. The summed E-state index contributed by atoms with van der Waals surface area (Å²) in [5, 5.41) is 9.92. The van der Waals surface area contributed by atoms with Crippen LogP contribution >= 0.6 is 22.7 Å². The average molecular weight is 529 g/mol. The summed E-state index contributed by atoms with van der Waals surface area (Å²) in [6, 6.07) is 30.7. The van der Waals surface area contributed by atoms with Gasteiger partial charge in [0.1, 0.15) is 0 Å². The quantitative estimate of drug-likeness (QED) is 0.226. The molecule has 6 nitrogen and oxygen atoms in total. The third kappa shape index (κ3) is 5.76. The fourth-order valence-electron chi connectivity index (χ4n) is 4.06. The van der Waals surface area contributed by atoms with Crippen molar-refractivity contribution in [2.75, 3.05) is 0 Å². The molecule has 8 heteroatoms. The van der Waals surface area contributed by atoms with E-state index in [0.717, 1.165) is 26.7 Å². The zero-order valence-electron chi connectivity index (χ0n) is 21.5. The molecule has 0 bridgehead atoms. The van der Waals surface area contributed by atoms with Gasteiger partial charge < -0.3 is 11.7 Å². The molecule has 0 atom stereocenters. The van der Waals surface area contributed by atoms with Crippen LogP contribution in [0.5, 0.6) is 0 Å². The molecule has 5 aromatic rings. The highest BCUT2D eigenvalue weighted by Crippen LogP contribution is 2.28. The summed E-state index contributed by atoms with van der Waals surface area (Å²) in [5.41, 5.74) is 5.77. The molecule has 0 unspecified atom stereocenters. The molecule has 2 aromatic heterocycles. The van der Waals surface area contributed by atoms with Crippen LogP contribution in [0.15, 0.2) is 107 Å².